The van der Waals surface area contributed by atoms with Gasteiger partial charge in [-0.3, -0.25) is 9.78 Å². The summed E-state index contributed by atoms with van der Waals surface area (Å²) < 4.78 is 41.7. The first-order valence-corrected chi connectivity index (χ1v) is 9.02. The topological polar surface area (TPSA) is 51.2 Å². The van der Waals surface area contributed by atoms with Crippen LogP contribution in [0.4, 0.5) is 13.2 Å². The zero-order chi connectivity index (χ0) is 21.0. The number of hydrogen-bond donors (Lipinski definition) is 1. The number of nitrogens with one attached hydrogen (secondary N) is 1. The largest absolute Gasteiger partial charge is 0.573 e. The summed E-state index contributed by atoms with van der Waals surface area (Å²) in [5.74, 6) is -0.781. The predicted octanol–water partition coefficient (Wildman–Crippen LogP) is 5.88. The normalized spacial score (nSPS) is 11.2. The summed E-state index contributed by atoms with van der Waals surface area (Å²) in [7, 11) is 0. The SMILES string of the molecule is O=C(NCc1ccc(Cl)cc1Cl)c1ccc(-c2ccccc2OC(F)(F)F)nc1. The van der Waals surface area contributed by atoms with Crippen molar-refractivity contribution >= 4 is 29.1 Å². The van der Waals surface area contributed by atoms with Crippen LogP contribution in [0.5, 0.6) is 5.75 Å². The molecule has 0 aliphatic carbocycles. The van der Waals surface area contributed by atoms with Crippen LogP contribution in [0.25, 0.3) is 11.3 Å². The van der Waals surface area contributed by atoms with Gasteiger partial charge in [0.15, 0.2) is 0 Å². The van der Waals surface area contributed by atoms with E-state index in [1.54, 1.807) is 24.3 Å². The zero-order valence-electron chi connectivity index (χ0n) is 14.6. The first-order valence-electron chi connectivity index (χ1n) is 8.26. The summed E-state index contributed by atoms with van der Waals surface area (Å²) in [5, 5.41) is 3.61. The molecule has 0 unspecified atom stereocenters. The van der Waals surface area contributed by atoms with Crippen molar-refractivity contribution in [1.29, 1.82) is 0 Å². The number of para-hydroxylation sites is 1. The predicted molar refractivity (Wildman–Crippen MR) is 104 cm³/mol. The molecule has 1 amide bonds. The summed E-state index contributed by atoms with van der Waals surface area (Å²) in [6.07, 6.45) is -3.54. The first kappa shape index (κ1) is 21.0. The van der Waals surface area contributed by atoms with Crippen LogP contribution < -0.4 is 10.1 Å². The highest BCUT2D eigenvalue weighted by Crippen LogP contribution is 2.32. The number of ether oxygens (including phenoxy) is 1. The summed E-state index contributed by atoms with van der Waals surface area (Å²) in [6.45, 7) is 0.179. The third-order valence-electron chi connectivity index (χ3n) is 3.87. The Morgan fingerprint density at radius 2 is 1.83 bits per heavy atom. The van der Waals surface area contributed by atoms with E-state index in [1.807, 2.05) is 0 Å². The van der Waals surface area contributed by atoms with Gasteiger partial charge >= 0.3 is 6.36 Å². The fraction of sp³-hybridized carbons (Fsp3) is 0.100. The molecule has 29 heavy (non-hydrogen) atoms. The molecule has 1 aromatic heterocycles. The van der Waals surface area contributed by atoms with Gasteiger partial charge < -0.3 is 10.1 Å². The number of benzene rings is 2. The van der Waals surface area contributed by atoms with Gasteiger partial charge in [-0.15, -0.1) is 13.2 Å². The Morgan fingerprint density at radius 3 is 2.48 bits per heavy atom. The molecule has 2 aromatic carbocycles. The Labute approximate surface area is 174 Å². The average Bonchev–Trinajstić information content (AvgIpc) is 2.66. The molecule has 0 aliphatic rings. The van der Waals surface area contributed by atoms with Gasteiger partial charge in [0.2, 0.25) is 0 Å². The highest BCUT2D eigenvalue weighted by atomic mass is 35.5. The van der Waals surface area contributed by atoms with Gasteiger partial charge in [0.05, 0.1) is 11.3 Å². The molecule has 3 aromatic rings. The van der Waals surface area contributed by atoms with E-state index >= 15 is 0 Å². The van der Waals surface area contributed by atoms with E-state index in [1.165, 1.54) is 36.5 Å². The van der Waals surface area contributed by atoms with Gasteiger partial charge in [0.1, 0.15) is 5.75 Å². The highest BCUT2D eigenvalue weighted by Gasteiger charge is 2.32. The van der Waals surface area contributed by atoms with E-state index in [-0.39, 0.29) is 29.1 Å². The number of rotatable bonds is 5. The van der Waals surface area contributed by atoms with Crippen molar-refractivity contribution in [2.75, 3.05) is 0 Å². The van der Waals surface area contributed by atoms with Gasteiger partial charge in [-0.1, -0.05) is 41.4 Å². The smallest absolute Gasteiger partial charge is 0.405 e. The van der Waals surface area contributed by atoms with E-state index in [0.717, 1.165) is 0 Å². The number of hydrogen-bond acceptors (Lipinski definition) is 3. The molecule has 0 saturated heterocycles. The van der Waals surface area contributed by atoms with Gasteiger partial charge in [-0.05, 0) is 42.0 Å². The van der Waals surface area contributed by atoms with E-state index in [4.69, 9.17) is 23.2 Å². The van der Waals surface area contributed by atoms with E-state index in [2.05, 4.69) is 15.0 Å². The molecule has 9 heteroatoms. The lowest BCUT2D eigenvalue weighted by Gasteiger charge is -2.13. The second-order valence-corrected chi connectivity index (χ2v) is 6.74. The number of aromatic nitrogens is 1. The van der Waals surface area contributed by atoms with Gasteiger partial charge in [0, 0.05) is 28.4 Å². The minimum Gasteiger partial charge on any atom is -0.405 e. The van der Waals surface area contributed by atoms with Crippen molar-refractivity contribution in [2.24, 2.45) is 0 Å². The molecule has 3 rings (SSSR count). The number of amides is 1. The van der Waals surface area contributed by atoms with E-state index < -0.39 is 12.3 Å². The maximum absolute atomic E-state index is 12.6. The Balaban J connectivity index is 1.73. The third kappa shape index (κ3) is 5.62. The molecule has 0 bridgehead atoms. The monoisotopic (exact) mass is 440 g/mol. The number of carbonyl (C=O) groups excluding carboxylic acids is 1. The van der Waals surface area contributed by atoms with Crippen LogP contribution in [0.1, 0.15) is 15.9 Å². The number of pyridine rings is 1. The minimum absolute atomic E-state index is 0.157. The summed E-state index contributed by atoms with van der Waals surface area (Å²) >= 11 is 11.9. The molecule has 0 fully saturated rings. The molecular weight excluding hydrogens is 428 g/mol. The van der Waals surface area contributed by atoms with Gasteiger partial charge in [0.25, 0.3) is 5.91 Å². The fourth-order valence-electron chi connectivity index (χ4n) is 2.52. The standard InChI is InChI=1S/C20H13Cl2F3N2O2/c21-14-7-5-12(16(22)9-14)10-27-19(28)13-6-8-17(26-11-13)15-3-1-2-4-18(15)29-20(23,24)25/h1-9,11H,10H2,(H,27,28). The molecule has 150 valence electrons. The second kappa shape index (κ2) is 8.71. The minimum atomic E-state index is -4.82. The summed E-state index contributed by atoms with van der Waals surface area (Å²) in [4.78, 5) is 16.4. The van der Waals surface area contributed by atoms with Crippen molar-refractivity contribution in [3.05, 3.63) is 82.0 Å². The Hall–Kier alpha value is -2.77. The van der Waals surface area contributed by atoms with Gasteiger partial charge in [-0.2, -0.15) is 0 Å². The van der Waals surface area contributed by atoms with Crippen LogP contribution in [-0.4, -0.2) is 17.3 Å². The van der Waals surface area contributed by atoms with Crippen LogP contribution in [0.2, 0.25) is 10.0 Å². The Kier molecular flexibility index (Phi) is 6.30. The van der Waals surface area contributed by atoms with E-state index in [9.17, 15) is 18.0 Å². The zero-order valence-corrected chi connectivity index (χ0v) is 16.1. The Morgan fingerprint density at radius 1 is 1.07 bits per heavy atom. The van der Waals surface area contributed by atoms with Crippen LogP contribution in [0, 0.1) is 0 Å². The molecule has 0 aliphatic heterocycles. The second-order valence-electron chi connectivity index (χ2n) is 5.89. The maximum atomic E-state index is 12.6. The van der Waals surface area contributed by atoms with E-state index in [0.29, 0.717) is 15.6 Å². The van der Waals surface area contributed by atoms with Crippen molar-refractivity contribution in [1.82, 2.24) is 10.3 Å². The van der Waals surface area contributed by atoms with Crippen molar-refractivity contribution in [2.45, 2.75) is 12.9 Å². The van der Waals surface area contributed by atoms with Crippen LogP contribution in [-0.2, 0) is 6.54 Å². The third-order valence-corrected chi connectivity index (χ3v) is 4.46. The molecule has 4 nitrogen and oxygen atoms in total. The maximum Gasteiger partial charge on any atom is 0.573 e. The lowest BCUT2D eigenvalue weighted by atomic mass is 10.1. The summed E-state index contributed by atoms with van der Waals surface area (Å²) in [5.41, 5.74) is 1.33. The van der Waals surface area contributed by atoms with Gasteiger partial charge in [-0.25, -0.2) is 0 Å². The quantitative estimate of drug-likeness (QED) is 0.538. The first-order chi connectivity index (χ1) is 13.7. The Bertz CT molecular complexity index is 1020. The van der Waals surface area contributed by atoms with Crippen molar-refractivity contribution in [3.63, 3.8) is 0 Å². The molecule has 0 atom stereocenters. The van der Waals surface area contributed by atoms with Crippen molar-refractivity contribution < 1.29 is 22.7 Å². The van der Waals surface area contributed by atoms with Crippen LogP contribution in [0.3, 0.4) is 0 Å². The van der Waals surface area contributed by atoms with Crippen molar-refractivity contribution in [3.8, 4) is 17.0 Å². The number of nitrogens with zero attached hydrogens (tertiary/aromatic N) is 1. The molecular formula is C20H13Cl2F3N2O2. The van der Waals surface area contributed by atoms with Crippen LogP contribution >= 0.6 is 23.2 Å². The molecule has 0 saturated carbocycles. The molecule has 1 N–H and O–H groups in total. The van der Waals surface area contributed by atoms with Crippen LogP contribution in [0.15, 0.2) is 60.8 Å². The summed E-state index contributed by atoms with van der Waals surface area (Å²) in [6, 6.07) is 13.5. The number of alkyl halides is 3. The molecule has 0 radical (unpaired) electrons. The fourth-order valence-corrected chi connectivity index (χ4v) is 3.00. The number of carbonyl (C=O) groups is 1. The number of halogens is 5. The molecule has 1 heterocycles. The molecule has 0 spiro atoms. The lowest BCUT2D eigenvalue weighted by Crippen LogP contribution is -2.23. The lowest BCUT2D eigenvalue weighted by molar-refractivity contribution is -0.274. The average molecular weight is 441 g/mol. The highest BCUT2D eigenvalue weighted by molar-refractivity contribution is 6.35.